The fraction of sp³-hybridized carbons (Fsp3) is 0.351. The third-order valence-electron chi connectivity index (χ3n) is 8.23. The molecule has 4 aromatic rings. The van der Waals surface area contributed by atoms with E-state index < -0.39 is 0 Å². The molecule has 38 heavy (non-hydrogen) atoms. The Balaban J connectivity index is 1.62. The summed E-state index contributed by atoms with van der Waals surface area (Å²) < 4.78 is 0. The van der Waals surface area contributed by atoms with Crippen LogP contribution in [-0.2, 0) is 5.41 Å². The van der Waals surface area contributed by atoms with Gasteiger partial charge in [-0.3, -0.25) is 0 Å². The average molecular weight is 504 g/mol. The molecule has 0 radical (unpaired) electrons. The molecule has 1 heteroatoms. The van der Waals surface area contributed by atoms with E-state index in [4.69, 9.17) is 0 Å². The van der Waals surface area contributed by atoms with Crippen molar-refractivity contribution in [1.29, 1.82) is 0 Å². The van der Waals surface area contributed by atoms with Crippen molar-refractivity contribution in [3.63, 3.8) is 0 Å². The van der Waals surface area contributed by atoms with Gasteiger partial charge in [0.25, 0.3) is 0 Å². The van der Waals surface area contributed by atoms with Gasteiger partial charge < -0.3 is 5.32 Å². The third-order valence-corrected chi connectivity index (χ3v) is 8.23. The Morgan fingerprint density at radius 3 is 1.82 bits per heavy atom. The van der Waals surface area contributed by atoms with Crippen LogP contribution in [0.15, 0.2) is 103 Å². The molecule has 0 spiro atoms. The van der Waals surface area contributed by atoms with E-state index in [2.05, 4.69) is 150 Å². The summed E-state index contributed by atoms with van der Waals surface area (Å²) in [5.74, 6) is 1.36. The highest BCUT2D eigenvalue weighted by Gasteiger charge is 2.23. The van der Waals surface area contributed by atoms with Gasteiger partial charge in [0.1, 0.15) is 0 Å². The Labute approximate surface area is 231 Å². The van der Waals surface area contributed by atoms with Crippen LogP contribution in [0.1, 0.15) is 100 Å². The second-order valence-corrected chi connectivity index (χ2v) is 11.8. The van der Waals surface area contributed by atoms with E-state index in [0.29, 0.717) is 5.92 Å². The van der Waals surface area contributed by atoms with Crippen molar-refractivity contribution in [3.05, 3.63) is 131 Å². The first kappa shape index (κ1) is 27.7. The number of anilines is 2. The summed E-state index contributed by atoms with van der Waals surface area (Å²) in [7, 11) is 0. The molecule has 0 amide bonds. The second kappa shape index (κ2) is 12.5. The van der Waals surface area contributed by atoms with Gasteiger partial charge in [-0.05, 0) is 63.8 Å². The first-order valence-electron chi connectivity index (χ1n) is 14.4. The van der Waals surface area contributed by atoms with Gasteiger partial charge in [0.2, 0.25) is 0 Å². The lowest BCUT2D eigenvalue weighted by Crippen LogP contribution is -2.20. The van der Waals surface area contributed by atoms with Crippen LogP contribution in [0.5, 0.6) is 0 Å². The highest BCUT2D eigenvalue weighted by Crippen LogP contribution is 2.37. The molecule has 0 fully saturated rings. The van der Waals surface area contributed by atoms with Crippen molar-refractivity contribution >= 4 is 11.4 Å². The zero-order valence-corrected chi connectivity index (χ0v) is 24.2. The van der Waals surface area contributed by atoms with Crippen molar-refractivity contribution in [2.45, 2.75) is 78.1 Å². The van der Waals surface area contributed by atoms with Crippen molar-refractivity contribution in [2.75, 3.05) is 5.32 Å². The summed E-state index contributed by atoms with van der Waals surface area (Å²) >= 11 is 0. The number of rotatable bonds is 11. The monoisotopic (exact) mass is 503 g/mol. The Morgan fingerprint density at radius 2 is 1.24 bits per heavy atom. The van der Waals surface area contributed by atoms with E-state index in [1.54, 1.807) is 0 Å². The summed E-state index contributed by atoms with van der Waals surface area (Å²) in [4.78, 5) is 0. The van der Waals surface area contributed by atoms with Crippen LogP contribution in [-0.4, -0.2) is 0 Å². The maximum atomic E-state index is 3.77. The van der Waals surface area contributed by atoms with Crippen molar-refractivity contribution in [3.8, 4) is 0 Å². The van der Waals surface area contributed by atoms with Crippen LogP contribution in [0, 0.1) is 5.92 Å². The lowest BCUT2D eigenvalue weighted by Gasteiger charge is -2.29. The lowest BCUT2D eigenvalue weighted by molar-refractivity contribution is 0.361. The normalized spacial score (nSPS) is 14.1. The number of hydrogen-bond donors (Lipinski definition) is 1. The van der Waals surface area contributed by atoms with Gasteiger partial charge in [-0.15, -0.1) is 0 Å². The predicted molar refractivity (Wildman–Crippen MR) is 166 cm³/mol. The molecule has 3 atom stereocenters. The van der Waals surface area contributed by atoms with Gasteiger partial charge in [0.15, 0.2) is 0 Å². The van der Waals surface area contributed by atoms with Gasteiger partial charge in [0.05, 0.1) is 0 Å². The van der Waals surface area contributed by atoms with Gasteiger partial charge >= 0.3 is 0 Å². The van der Waals surface area contributed by atoms with Crippen molar-refractivity contribution in [1.82, 2.24) is 0 Å². The Hall–Kier alpha value is -3.32. The van der Waals surface area contributed by atoms with Gasteiger partial charge in [-0.2, -0.15) is 0 Å². The molecular formula is C37H45N. The van der Waals surface area contributed by atoms with E-state index in [9.17, 15) is 0 Å². The van der Waals surface area contributed by atoms with Crippen molar-refractivity contribution < 1.29 is 0 Å². The molecule has 0 aliphatic rings. The molecule has 0 bridgehead atoms. The Kier molecular flexibility index (Phi) is 9.10. The molecule has 0 saturated heterocycles. The molecule has 0 saturated carbocycles. The predicted octanol–water partition coefficient (Wildman–Crippen LogP) is 10.8. The summed E-state index contributed by atoms with van der Waals surface area (Å²) in [5, 5.41) is 3.77. The lowest BCUT2D eigenvalue weighted by atomic mass is 9.76. The van der Waals surface area contributed by atoms with E-state index in [1.807, 2.05) is 0 Å². The first-order chi connectivity index (χ1) is 18.3. The van der Waals surface area contributed by atoms with E-state index in [0.717, 1.165) is 11.6 Å². The first-order valence-corrected chi connectivity index (χ1v) is 14.4. The van der Waals surface area contributed by atoms with Crippen LogP contribution < -0.4 is 5.32 Å². The van der Waals surface area contributed by atoms with Crippen LogP contribution in [0.3, 0.4) is 0 Å². The molecule has 3 unspecified atom stereocenters. The minimum absolute atomic E-state index is 0.176. The zero-order valence-electron chi connectivity index (χ0n) is 24.2. The topological polar surface area (TPSA) is 12.0 Å². The largest absolute Gasteiger partial charge is 0.355 e. The standard InChI is InChI=1S/C37H45N/c1-7-14-27(2)26-37(5,6)33-20-22-34(23-21-33)38-36-24-19-32(28(3)30-15-10-8-11-16-30)25-35(36)29(4)31-17-12-9-13-18-31/h8-13,15-25,27-29,38H,7,14,26H2,1-6H3. The van der Waals surface area contributed by atoms with Gasteiger partial charge in [0, 0.05) is 23.2 Å². The second-order valence-electron chi connectivity index (χ2n) is 11.8. The fourth-order valence-corrected chi connectivity index (χ4v) is 5.92. The minimum atomic E-state index is 0.176. The average Bonchev–Trinajstić information content (AvgIpc) is 2.93. The van der Waals surface area contributed by atoms with Crippen molar-refractivity contribution in [2.24, 2.45) is 5.92 Å². The summed E-state index contributed by atoms with van der Waals surface area (Å²) in [6.45, 7) is 14.1. The van der Waals surface area contributed by atoms with Crippen LogP contribution in [0.4, 0.5) is 11.4 Å². The molecule has 4 aromatic carbocycles. The molecule has 198 valence electrons. The molecule has 0 aliphatic heterocycles. The minimum Gasteiger partial charge on any atom is -0.355 e. The fourth-order valence-electron chi connectivity index (χ4n) is 5.92. The van der Waals surface area contributed by atoms with Gasteiger partial charge in [-0.1, -0.05) is 139 Å². The molecular weight excluding hydrogens is 458 g/mol. The van der Waals surface area contributed by atoms with Crippen LogP contribution in [0.25, 0.3) is 0 Å². The molecule has 4 rings (SSSR count). The molecule has 1 nitrogen and oxygen atoms in total. The van der Waals surface area contributed by atoms with Crippen LogP contribution >= 0.6 is 0 Å². The summed E-state index contributed by atoms with van der Waals surface area (Å²) in [5.41, 5.74) is 9.25. The maximum Gasteiger partial charge on any atom is 0.0423 e. The Bertz CT molecular complexity index is 1270. The number of benzene rings is 4. The number of nitrogens with one attached hydrogen (secondary N) is 1. The quantitative estimate of drug-likeness (QED) is 0.215. The van der Waals surface area contributed by atoms with E-state index >= 15 is 0 Å². The van der Waals surface area contributed by atoms with E-state index in [1.165, 1.54) is 52.8 Å². The molecule has 0 heterocycles. The molecule has 1 N–H and O–H groups in total. The number of hydrogen-bond acceptors (Lipinski definition) is 1. The maximum absolute atomic E-state index is 3.77. The van der Waals surface area contributed by atoms with E-state index in [-0.39, 0.29) is 11.3 Å². The third kappa shape index (κ3) is 6.76. The highest BCUT2D eigenvalue weighted by atomic mass is 14.9. The molecule has 0 aliphatic carbocycles. The smallest absolute Gasteiger partial charge is 0.0423 e. The summed E-state index contributed by atoms with van der Waals surface area (Å²) in [6.07, 6.45) is 3.77. The zero-order chi connectivity index (χ0) is 27.1. The highest BCUT2D eigenvalue weighted by molar-refractivity contribution is 5.66. The summed E-state index contributed by atoms with van der Waals surface area (Å²) in [6, 6.07) is 37.7. The Morgan fingerprint density at radius 1 is 0.658 bits per heavy atom. The molecule has 0 aromatic heterocycles. The SMILES string of the molecule is CCCC(C)CC(C)(C)c1ccc(Nc2ccc(C(C)c3ccccc3)cc2C(C)c2ccccc2)cc1. The van der Waals surface area contributed by atoms with Crippen LogP contribution in [0.2, 0.25) is 0 Å². The van der Waals surface area contributed by atoms with Gasteiger partial charge in [-0.25, -0.2) is 0 Å².